The zero-order chi connectivity index (χ0) is 19.8. The molecule has 142 valence electrons. The van der Waals surface area contributed by atoms with E-state index in [0.717, 1.165) is 5.56 Å². The van der Waals surface area contributed by atoms with E-state index in [1.165, 1.54) is 6.08 Å². The van der Waals surface area contributed by atoms with E-state index in [0.29, 0.717) is 41.5 Å². The molecule has 0 aromatic heterocycles. The van der Waals surface area contributed by atoms with Crippen molar-refractivity contribution in [1.82, 2.24) is 0 Å². The van der Waals surface area contributed by atoms with Crippen LogP contribution in [0.25, 0.3) is 6.08 Å². The van der Waals surface area contributed by atoms with E-state index in [1.54, 1.807) is 43.3 Å². The lowest BCUT2D eigenvalue weighted by Gasteiger charge is -2.11. The number of nitrogens with two attached hydrogens (primary N) is 1. The number of amides is 2. The van der Waals surface area contributed by atoms with Gasteiger partial charge in [0.2, 0.25) is 5.91 Å². The second-order valence-corrected chi connectivity index (χ2v) is 5.76. The predicted molar refractivity (Wildman–Crippen MR) is 106 cm³/mol. The van der Waals surface area contributed by atoms with Gasteiger partial charge in [0.05, 0.1) is 24.5 Å². The Morgan fingerprint density at radius 1 is 1.07 bits per heavy atom. The molecule has 0 unspecified atom stereocenters. The first-order valence-electron chi connectivity index (χ1n) is 8.74. The Morgan fingerprint density at radius 2 is 1.78 bits per heavy atom. The van der Waals surface area contributed by atoms with Crippen LogP contribution in [0.4, 0.5) is 5.69 Å². The largest absolute Gasteiger partial charge is 0.490 e. The number of rotatable bonds is 8. The molecule has 0 bridgehead atoms. The van der Waals surface area contributed by atoms with Gasteiger partial charge in [-0.3, -0.25) is 9.59 Å². The molecule has 0 heterocycles. The van der Waals surface area contributed by atoms with Gasteiger partial charge in [0.25, 0.3) is 5.91 Å². The van der Waals surface area contributed by atoms with Crippen LogP contribution in [0.1, 0.15) is 35.3 Å². The average molecular weight is 368 g/mol. The van der Waals surface area contributed by atoms with Crippen LogP contribution in [0.5, 0.6) is 11.5 Å². The van der Waals surface area contributed by atoms with Crippen LogP contribution < -0.4 is 20.5 Å². The Bertz CT molecular complexity index is 859. The van der Waals surface area contributed by atoms with E-state index in [4.69, 9.17) is 15.2 Å². The maximum absolute atomic E-state index is 12.2. The summed E-state index contributed by atoms with van der Waals surface area (Å²) in [5, 5.41) is 2.69. The predicted octanol–water partition coefficient (Wildman–Crippen LogP) is 3.54. The first-order chi connectivity index (χ1) is 13.0. The number of hydrogen-bond acceptors (Lipinski definition) is 4. The highest BCUT2D eigenvalue weighted by Gasteiger charge is 2.12. The van der Waals surface area contributed by atoms with Crippen molar-refractivity contribution in [2.24, 2.45) is 5.73 Å². The quantitative estimate of drug-likeness (QED) is 0.697. The van der Waals surface area contributed by atoms with Gasteiger partial charge in [0.1, 0.15) is 0 Å². The van der Waals surface area contributed by atoms with Crippen LogP contribution in [-0.4, -0.2) is 25.0 Å². The molecule has 2 amide bonds. The van der Waals surface area contributed by atoms with Crippen molar-refractivity contribution >= 4 is 23.6 Å². The lowest BCUT2D eigenvalue weighted by atomic mass is 10.1. The van der Waals surface area contributed by atoms with Crippen molar-refractivity contribution in [3.05, 3.63) is 59.2 Å². The summed E-state index contributed by atoms with van der Waals surface area (Å²) in [6.07, 6.45) is 3.05. The molecule has 6 heteroatoms. The third-order valence-corrected chi connectivity index (χ3v) is 3.77. The SMILES string of the molecule is CCOc1ccc(C=CC(=O)Nc2cccc(C)c2C(N)=O)cc1OCC. The normalized spacial score (nSPS) is 10.6. The molecule has 3 N–H and O–H groups in total. The maximum atomic E-state index is 12.2. The van der Waals surface area contributed by atoms with Gasteiger partial charge in [-0.2, -0.15) is 0 Å². The van der Waals surface area contributed by atoms with Crippen molar-refractivity contribution in [2.75, 3.05) is 18.5 Å². The summed E-state index contributed by atoms with van der Waals surface area (Å²) >= 11 is 0. The molecule has 0 aliphatic rings. The maximum Gasteiger partial charge on any atom is 0.251 e. The first-order valence-corrected chi connectivity index (χ1v) is 8.74. The summed E-state index contributed by atoms with van der Waals surface area (Å²) in [5.74, 6) is 0.332. The van der Waals surface area contributed by atoms with Crippen LogP contribution in [0, 0.1) is 6.92 Å². The van der Waals surface area contributed by atoms with Gasteiger partial charge in [-0.05, 0) is 56.2 Å². The van der Waals surface area contributed by atoms with Crippen LogP contribution in [-0.2, 0) is 4.79 Å². The molecule has 0 fully saturated rings. The zero-order valence-electron chi connectivity index (χ0n) is 15.7. The van der Waals surface area contributed by atoms with Crippen LogP contribution in [0.15, 0.2) is 42.5 Å². The molecule has 0 saturated carbocycles. The number of hydrogen-bond donors (Lipinski definition) is 2. The van der Waals surface area contributed by atoms with Crippen molar-refractivity contribution < 1.29 is 19.1 Å². The molecule has 0 aliphatic carbocycles. The lowest BCUT2D eigenvalue weighted by molar-refractivity contribution is -0.111. The molecule has 2 aromatic rings. The minimum absolute atomic E-state index is 0.305. The van der Waals surface area contributed by atoms with Gasteiger partial charge in [-0.25, -0.2) is 0 Å². The second-order valence-electron chi connectivity index (χ2n) is 5.76. The van der Waals surface area contributed by atoms with Gasteiger partial charge in [-0.1, -0.05) is 18.2 Å². The van der Waals surface area contributed by atoms with Crippen LogP contribution in [0.2, 0.25) is 0 Å². The Kier molecular flexibility index (Phi) is 7.00. The average Bonchev–Trinajstić information content (AvgIpc) is 2.62. The first kappa shape index (κ1) is 20.0. The highest BCUT2D eigenvalue weighted by atomic mass is 16.5. The van der Waals surface area contributed by atoms with Gasteiger partial charge in [0, 0.05) is 6.08 Å². The molecule has 0 radical (unpaired) electrons. The topological polar surface area (TPSA) is 90.6 Å². The Labute approximate surface area is 159 Å². The molecule has 2 aromatic carbocycles. The summed E-state index contributed by atoms with van der Waals surface area (Å²) in [4.78, 5) is 23.9. The Hall–Kier alpha value is -3.28. The molecule has 0 spiro atoms. The zero-order valence-corrected chi connectivity index (χ0v) is 15.7. The third kappa shape index (κ3) is 5.34. The summed E-state index contributed by atoms with van der Waals surface area (Å²) in [5.41, 5.74) is 7.59. The van der Waals surface area contributed by atoms with Crippen LogP contribution >= 0.6 is 0 Å². The minimum atomic E-state index is -0.583. The standard InChI is InChI=1S/C21H24N2O4/c1-4-26-17-11-9-15(13-18(17)27-5-2)10-12-19(24)23-16-8-6-7-14(3)20(16)21(22)25/h6-13H,4-5H2,1-3H3,(H2,22,25)(H,23,24). The van der Waals surface area contributed by atoms with Crippen molar-refractivity contribution in [3.8, 4) is 11.5 Å². The number of aryl methyl sites for hydroxylation is 1. The fourth-order valence-corrected chi connectivity index (χ4v) is 2.62. The smallest absolute Gasteiger partial charge is 0.251 e. The number of benzene rings is 2. The summed E-state index contributed by atoms with van der Waals surface area (Å²) in [6, 6.07) is 10.6. The van der Waals surface area contributed by atoms with Crippen molar-refractivity contribution in [2.45, 2.75) is 20.8 Å². The molecular weight excluding hydrogens is 344 g/mol. The molecule has 6 nitrogen and oxygen atoms in total. The minimum Gasteiger partial charge on any atom is -0.490 e. The van der Waals surface area contributed by atoms with E-state index < -0.39 is 5.91 Å². The summed E-state index contributed by atoms with van der Waals surface area (Å²) < 4.78 is 11.1. The number of carbonyl (C=O) groups is 2. The third-order valence-electron chi connectivity index (χ3n) is 3.77. The molecule has 0 saturated heterocycles. The molecule has 27 heavy (non-hydrogen) atoms. The molecular formula is C21H24N2O4. The number of primary amides is 1. The lowest BCUT2D eigenvalue weighted by Crippen LogP contribution is -2.18. The fraction of sp³-hybridized carbons (Fsp3) is 0.238. The molecule has 0 atom stereocenters. The van der Waals surface area contributed by atoms with Gasteiger partial charge >= 0.3 is 0 Å². The monoisotopic (exact) mass is 368 g/mol. The van der Waals surface area contributed by atoms with E-state index in [9.17, 15) is 9.59 Å². The summed E-state index contributed by atoms with van der Waals surface area (Å²) in [6.45, 7) is 6.61. The van der Waals surface area contributed by atoms with E-state index in [-0.39, 0.29) is 5.91 Å². The number of carbonyl (C=O) groups excluding carboxylic acids is 2. The number of nitrogens with one attached hydrogen (secondary N) is 1. The number of anilines is 1. The fourth-order valence-electron chi connectivity index (χ4n) is 2.62. The highest BCUT2D eigenvalue weighted by Crippen LogP contribution is 2.29. The van der Waals surface area contributed by atoms with E-state index in [2.05, 4.69) is 5.32 Å². The van der Waals surface area contributed by atoms with E-state index >= 15 is 0 Å². The van der Waals surface area contributed by atoms with Crippen LogP contribution in [0.3, 0.4) is 0 Å². The van der Waals surface area contributed by atoms with Gasteiger partial charge in [0.15, 0.2) is 11.5 Å². The Morgan fingerprint density at radius 3 is 2.44 bits per heavy atom. The van der Waals surface area contributed by atoms with Crippen molar-refractivity contribution in [3.63, 3.8) is 0 Å². The van der Waals surface area contributed by atoms with Gasteiger partial charge in [-0.15, -0.1) is 0 Å². The Balaban J connectivity index is 2.17. The highest BCUT2D eigenvalue weighted by molar-refractivity contribution is 6.07. The molecule has 0 aliphatic heterocycles. The molecule has 2 rings (SSSR count). The second kappa shape index (κ2) is 9.43. The van der Waals surface area contributed by atoms with Gasteiger partial charge < -0.3 is 20.5 Å². The number of ether oxygens (including phenoxy) is 2. The van der Waals surface area contributed by atoms with E-state index in [1.807, 2.05) is 19.9 Å². The van der Waals surface area contributed by atoms with Crippen molar-refractivity contribution in [1.29, 1.82) is 0 Å². The summed E-state index contributed by atoms with van der Waals surface area (Å²) in [7, 11) is 0.